The van der Waals surface area contributed by atoms with E-state index in [0.717, 1.165) is 23.5 Å². The summed E-state index contributed by atoms with van der Waals surface area (Å²) in [7, 11) is 1.71. The Morgan fingerprint density at radius 3 is 2.57 bits per heavy atom. The van der Waals surface area contributed by atoms with Crippen LogP contribution in [0.1, 0.15) is 40.0 Å². The predicted octanol–water partition coefficient (Wildman–Crippen LogP) is 5.14. The van der Waals surface area contributed by atoms with Gasteiger partial charge < -0.3 is 4.74 Å². The van der Waals surface area contributed by atoms with E-state index in [0.29, 0.717) is 16.6 Å². The number of ether oxygens (including phenoxy) is 1. The van der Waals surface area contributed by atoms with E-state index >= 15 is 0 Å². The number of benzene rings is 1. The van der Waals surface area contributed by atoms with Crippen LogP contribution in [0, 0.1) is 28.6 Å². The van der Waals surface area contributed by atoms with Crippen molar-refractivity contribution in [1.82, 2.24) is 0 Å². The second-order valence-corrected chi connectivity index (χ2v) is 8.20. The maximum absolute atomic E-state index is 9.46. The second-order valence-electron chi connectivity index (χ2n) is 6.92. The zero-order chi connectivity index (χ0) is 15.5. The van der Waals surface area contributed by atoms with Gasteiger partial charge >= 0.3 is 0 Å². The normalized spacial score (nSPS) is 26.1. The topological polar surface area (TPSA) is 33.0 Å². The number of nitriles is 1. The maximum atomic E-state index is 9.46. The zero-order valence-electron chi connectivity index (χ0n) is 13.4. The lowest BCUT2D eigenvalue weighted by atomic mass is 9.70. The molecule has 1 aliphatic carbocycles. The number of rotatable bonds is 3. The van der Waals surface area contributed by atoms with Gasteiger partial charge in [-0.1, -0.05) is 32.9 Å². The van der Waals surface area contributed by atoms with E-state index in [2.05, 4.69) is 32.9 Å². The van der Waals surface area contributed by atoms with Crippen LogP contribution in [-0.2, 0) is 0 Å². The van der Waals surface area contributed by atoms with E-state index in [1.54, 1.807) is 7.11 Å². The largest absolute Gasteiger partial charge is 0.496 e. The van der Waals surface area contributed by atoms with Gasteiger partial charge in [-0.2, -0.15) is 5.26 Å². The van der Waals surface area contributed by atoms with Crippen molar-refractivity contribution in [1.29, 1.82) is 5.26 Å². The first kappa shape index (κ1) is 16.2. The number of methoxy groups -OCH3 is 1. The van der Waals surface area contributed by atoms with Gasteiger partial charge in [-0.3, -0.25) is 0 Å². The summed E-state index contributed by atoms with van der Waals surface area (Å²) >= 11 is 1.82. The summed E-state index contributed by atoms with van der Waals surface area (Å²) in [4.78, 5) is 1.15. The smallest absolute Gasteiger partial charge is 0.132 e. The lowest BCUT2D eigenvalue weighted by Gasteiger charge is -2.39. The SMILES string of the molecule is COc1ccccc1SC1CC(C(C)(C)C)CCC1C#N. The molecule has 0 bridgehead atoms. The standard InChI is InChI=1S/C18H25NOS/c1-18(2,3)14-10-9-13(12-19)17(11-14)21-16-8-6-5-7-15(16)20-4/h5-8,13-14,17H,9-11H2,1-4H3. The molecule has 1 fully saturated rings. The first-order valence-corrected chi connectivity index (χ1v) is 8.53. The van der Waals surface area contributed by atoms with E-state index in [1.807, 2.05) is 30.0 Å². The van der Waals surface area contributed by atoms with Gasteiger partial charge in [-0.05, 0) is 42.7 Å². The molecule has 0 aromatic heterocycles. The molecule has 21 heavy (non-hydrogen) atoms. The third-order valence-electron chi connectivity index (χ3n) is 4.53. The van der Waals surface area contributed by atoms with Crippen LogP contribution >= 0.6 is 11.8 Å². The summed E-state index contributed by atoms with van der Waals surface area (Å²) in [6.07, 6.45) is 3.31. The van der Waals surface area contributed by atoms with Crippen LogP contribution in [0.5, 0.6) is 5.75 Å². The minimum atomic E-state index is 0.151. The fourth-order valence-corrected chi connectivity index (χ4v) is 4.51. The molecule has 2 nitrogen and oxygen atoms in total. The highest BCUT2D eigenvalue weighted by atomic mass is 32.2. The summed E-state index contributed by atoms with van der Waals surface area (Å²) < 4.78 is 5.45. The predicted molar refractivity (Wildman–Crippen MR) is 88.5 cm³/mol. The van der Waals surface area contributed by atoms with Gasteiger partial charge in [-0.15, -0.1) is 11.8 Å². The molecule has 0 spiro atoms. The van der Waals surface area contributed by atoms with Crippen LogP contribution in [-0.4, -0.2) is 12.4 Å². The van der Waals surface area contributed by atoms with Crippen molar-refractivity contribution in [3.05, 3.63) is 24.3 Å². The van der Waals surface area contributed by atoms with Gasteiger partial charge in [0.1, 0.15) is 5.75 Å². The van der Waals surface area contributed by atoms with Crippen molar-refractivity contribution in [2.75, 3.05) is 7.11 Å². The van der Waals surface area contributed by atoms with Crippen LogP contribution < -0.4 is 4.74 Å². The average Bonchev–Trinajstić information content (AvgIpc) is 2.47. The number of nitrogens with zero attached hydrogens (tertiary/aromatic N) is 1. The quantitative estimate of drug-likeness (QED) is 0.775. The molecular weight excluding hydrogens is 278 g/mol. The van der Waals surface area contributed by atoms with E-state index < -0.39 is 0 Å². The highest BCUT2D eigenvalue weighted by Crippen LogP contribution is 2.46. The van der Waals surface area contributed by atoms with Crippen molar-refractivity contribution in [2.45, 2.75) is 50.2 Å². The van der Waals surface area contributed by atoms with Crippen molar-refractivity contribution < 1.29 is 4.74 Å². The number of hydrogen-bond donors (Lipinski definition) is 0. The number of hydrogen-bond acceptors (Lipinski definition) is 3. The molecule has 1 saturated carbocycles. The van der Waals surface area contributed by atoms with E-state index in [4.69, 9.17) is 4.74 Å². The number of thioether (sulfide) groups is 1. The Bertz CT molecular complexity index is 515. The lowest BCUT2D eigenvalue weighted by molar-refractivity contribution is 0.169. The molecule has 1 aromatic rings. The highest BCUT2D eigenvalue weighted by molar-refractivity contribution is 8.00. The first-order valence-electron chi connectivity index (χ1n) is 7.65. The summed E-state index contributed by atoms with van der Waals surface area (Å²) in [6.45, 7) is 6.94. The van der Waals surface area contributed by atoms with Gasteiger partial charge in [0.05, 0.1) is 19.1 Å². The third-order valence-corrected chi connectivity index (χ3v) is 5.94. The van der Waals surface area contributed by atoms with E-state index in [1.165, 1.54) is 6.42 Å². The molecule has 0 heterocycles. The highest BCUT2D eigenvalue weighted by Gasteiger charge is 2.36. The molecule has 0 radical (unpaired) electrons. The van der Waals surface area contributed by atoms with Crippen LogP contribution in [0.15, 0.2) is 29.2 Å². The molecule has 3 atom stereocenters. The molecule has 2 rings (SSSR count). The summed E-state index contributed by atoms with van der Waals surface area (Å²) in [5.41, 5.74) is 0.319. The van der Waals surface area contributed by atoms with Crippen LogP contribution in [0.3, 0.4) is 0 Å². The molecule has 0 saturated heterocycles. The summed E-state index contributed by atoms with van der Waals surface area (Å²) in [5.74, 6) is 1.75. The van der Waals surface area contributed by atoms with Crippen molar-refractivity contribution in [3.63, 3.8) is 0 Å². The van der Waals surface area contributed by atoms with E-state index in [-0.39, 0.29) is 5.92 Å². The second kappa shape index (κ2) is 6.75. The molecule has 1 aliphatic rings. The fraction of sp³-hybridized carbons (Fsp3) is 0.611. The Morgan fingerprint density at radius 1 is 1.24 bits per heavy atom. The van der Waals surface area contributed by atoms with Crippen LogP contribution in [0.25, 0.3) is 0 Å². The van der Waals surface area contributed by atoms with Crippen LogP contribution in [0.2, 0.25) is 0 Å². The molecule has 0 amide bonds. The Hall–Kier alpha value is -1.14. The molecule has 0 N–H and O–H groups in total. The minimum Gasteiger partial charge on any atom is -0.496 e. The zero-order valence-corrected chi connectivity index (χ0v) is 14.2. The molecule has 3 heteroatoms. The molecular formula is C18H25NOS. The van der Waals surface area contributed by atoms with Gasteiger partial charge in [0.15, 0.2) is 0 Å². The van der Waals surface area contributed by atoms with Crippen LogP contribution in [0.4, 0.5) is 0 Å². The first-order chi connectivity index (χ1) is 9.95. The van der Waals surface area contributed by atoms with Crippen molar-refractivity contribution >= 4 is 11.8 Å². The Balaban J connectivity index is 2.16. The van der Waals surface area contributed by atoms with Gasteiger partial charge in [-0.25, -0.2) is 0 Å². The average molecular weight is 303 g/mol. The maximum Gasteiger partial charge on any atom is 0.132 e. The Kier molecular flexibility index (Phi) is 5.22. The van der Waals surface area contributed by atoms with Crippen molar-refractivity contribution in [3.8, 4) is 11.8 Å². The lowest BCUT2D eigenvalue weighted by Crippen LogP contribution is -2.33. The Labute approximate surface area is 132 Å². The fourth-order valence-electron chi connectivity index (χ4n) is 3.07. The summed E-state index contributed by atoms with van der Waals surface area (Å²) in [6, 6.07) is 10.6. The Morgan fingerprint density at radius 2 is 1.95 bits per heavy atom. The molecule has 1 aromatic carbocycles. The van der Waals surface area contributed by atoms with Gasteiger partial charge in [0.2, 0.25) is 0 Å². The molecule has 3 unspecified atom stereocenters. The monoisotopic (exact) mass is 303 g/mol. The van der Waals surface area contributed by atoms with Gasteiger partial charge in [0, 0.05) is 10.1 Å². The van der Waals surface area contributed by atoms with Gasteiger partial charge in [0.25, 0.3) is 0 Å². The molecule has 0 aliphatic heterocycles. The minimum absolute atomic E-state index is 0.151. The van der Waals surface area contributed by atoms with Crippen molar-refractivity contribution in [2.24, 2.45) is 17.3 Å². The summed E-state index contributed by atoms with van der Waals surface area (Å²) in [5, 5.41) is 9.83. The third kappa shape index (κ3) is 3.95. The number of para-hydroxylation sites is 1. The molecule has 114 valence electrons. The van der Waals surface area contributed by atoms with E-state index in [9.17, 15) is 5.26 Å².